The summed E-state index contributed by atoms with van der Waals surface area (Å²) in [5.41, 5.74) is 15.8. The molecule has 6 rings (SSSR count). The zero-order valence-electron chi connectivity index (χ0n) is 25.7. The topological polar surface area (TPSA) is 36.4 Å². The molecule has 3 heteroatoms. The van der Waals surface area contributed by atoms with Crippen LogP contribution in [0.3, 0.4) is 0 Å². The van der Waals surface area contributed by atoms with E-state index in [9.17, 15) is 0 Å². The van der Waals surface area contributed by atoms with Crippen molar-refractivity contribution in [3.63, 3.8) is 0 Å². The Bertz CT molecular complexity index is 1870. The molecule has 0 radical (unpaired) electrons. The number of anilines is 4. The molecule has 0 bridgehead atoms. The molecule has 1 aliphatic carbocycles. The molecule has 5 aromatic carbocycles. The first-order valence-corrected chi connectivity index (χ1v) is 15.0. The summed E-state index contributed by atoms with van der Waals surface area (Å²) < 4.78 is 0. The Morgan fingerprint density at radius 2 is 0.955 bits per heavy atom. The molecule has 0 aromatic heterocycles. The fourth-order valence-electron chi connectivity index (χ4n) is 5.25. The molecule has 0 atom stereocenters. The molecule has 0 spiro atoms. The van der Waals surface area contributed by atoms with E-state index in [-0.39, 0.29) is 0 Å². The van der Waals surface area contributed by atoms with Gasteiger partial charge < -0.3 is 10.6 Å². The van der Waals surface area contributed by atoms with Gasteiger partial charge in [-0.1, -0.05) is 83.4 Å². The monoisotopic (exact) mass is 571 g/mol. The van der Waals surface area contributed by atoms with E-state index in [0.29, 0.717) is 0 Å². The second-order valence-corrected chi connectivity index (χ2v) is 11.5. The average Bonchev–Trinajstić information content (AvgIpc) is 3.03. The predicted molar refractivity (Wildman–Crippen MR) is 189 cm³/mol. The molecule has 1 aliphatic rings. The predicted octanol–water partition coefficient (Wildman–Crippen LogP) is 11.1. The van der Waals surface area contributed by atoms with Crippen LogP contribution in [0.1, 0.15) is 33.4 Å². The summed E-state index contributed by atoms with van der Waals surface area (Å²) in [6.45, 7) is 8.46. The van der Waals surface area contributed by atoms with E-state index in [1.807, 2.05) is 0 Å². The maximum atomic E-state index is 4.83. The third-order valence-electron chi connectivity index (χ3n) is 7.81. The molecule has 5 aromatic rings. The summed E-state index contributed by atoms with van der Waals surface area (Å²) in [4.78, 5) is 4.83. The zero-order chi connectivity index (χ0) is 30.5. The van der Waals surface area contributed by atoms with Crippen LogP contribution in [0.5, 0.6) is 0 Å². The summed E-state index contributed by atoms with van der Waals surface area (Å²) >= 11 is 0. The number of aryl methyl sites for hydroxylation is 4. The molecule has 0 fully saturated rings. The molecule has 0 amide bonds. The summed E-state index contributed by atoms with van der Waals surface area (Å²) in [5.74, 6) is 0. The third kappa shape index (κ3) is 6.96. The van der Waals surface area contributed by atoms with Gasteiger partial charge in [-0.05, 0) is 128 Å². The minimum atomic E-state index is 0.934. The highest BCUT2D eigenvalue weighted by Crippen LogP contribution is 2.34. The van der Waals surface area contributed by atoms with Crippen LogP contribution in [-0.2, 0) is 0 Å². The lowest BCUT2D eigenvalue weighted by Gasteiger charge is -2.17. The van der Waals surface area contributed by atoms with Crippen molar-refractivity contribution < 1.29 is 0 Å². The van der Waals surface area contributed by atoms with Crippen LogP contribution >= 0.6 is 0 Å². The minimum Gasteiger partial charge on any atom is -0.356 e. The van der Waals surface area contributed by atoms with Crippen molar-refractivity contribution in [1.82, 2.24) is 0 Å². The van der Waals surface area contributed by atoms with E-state index >= 15 is 0 Å². The van der Waals surface area contributed by atoms with Crippen molar-refractivity contribution in [2.45, 2.75) is 27.7 Å². The Balaban J connectivity index is 1.34. The van der Waals surface area contributed by atoms with Gasteiger partial charge in [0.15, 0.2) is 0 Å². The molecular formula is C41H37N3. The molecule has 0 saturated carbocycles. The van der Waals surface area contributed by atoms with Crippen LogP contribution in [0.15, 0.2) is 150 Å². The van der Waals surface area contributed by atoms with Crippen LogP contribution in [-0.4, -0.2) is 5.71 Å². The van der Waals surface area contributed by atoms with Gasteiger partial charge >= 0.3 is 0 Å². The maximum Gasteiger partial charge on any atom is 0.0637 e. The van der Waals surface area contributed by atoms with Gasteiger partial charge in [-0.25, -0.2) is 4.99 Å². The highest BCUT2D eigenvalue weighted by molar-refractivity contribution is 6.08. The van der Waals surface area contributed by atoms with Crippen LogP contribution in [0, 0.1) is 27.7 Å². The number of allylic oxidation sites excluding steroid dienone is 5. The van der Waals surface area contributed by atoms with Crippen molar-refractivity contribution in [1.29, 1.82) is 0 Å². The van der Waals surface area contributed by atoms with E-state index < -0.39 is 0 Å². The third-order valence-corrected chi connectivity index (χ3v) is 7.81. The van der Waals surface area contributed by atoms with Gasteiger partial charge in [0.1, 0.15) is 0 Å². The first kappa shape index (κ1) is 28.7. The maximum absolute atomic E-state index is 4.83. The van der Waals surface area contributed by atoms with E-state index in [1.54, 1.807) is 0 Å². The van der Waals surface area contributed by atoms with Crippen molar-refractivity contribution in [2.75, 3.05) is 10.6 Å². The Hall–Kier alpha value is -5.41. The lowest BCUT2D eigenvalue weighted by atomic mass is 9.89. The van der Waals surface area contributed by atoms with Crippen LogP contribution in [0.4, 0.5) is 28.4 Å². The smallest absolute Gasteiger partial charge is 0.0637 e. The highest BCUT2D eigenvalue weighted by atomic mass is 14.9. The fraction of sp³-hybridized carbons (Fsp3) is 0.0976. The molecule has 2 N–H and O–H groups in total. The van der Waals surface area contributed by atoms with E-state index in [4.69, 9.17) is 4.99 Å². The molecule has 0 aliphatic heterocycles. The normalized spacial score (nSPS) is 12.3. The standard InChI is InChI=1S/C41H37N3/c1-28-5-16-35(17-6-28)42-37-22-11-32(12-23-37)41(33-13-24-38(25-14-33)43-36-18-7-29(2)8-19-36)34-15-26-40(31(4)27-34)44-39-20-9-30(3)10-21-39/h5-27,42,44H,1-4H3. The van der Waals surface area contributed by atoms with E-state index in [2.05, 4.69) is 178 Å². The summed E-state index contributed by atoms with van der Waals surface area (Å²) in [5, 5.41) is 7.11. The average molecular weight is 572 g/mol. The summed E-state index contributed by atoms with van der Waals surface area (Å²) in [6, 6.07) is 40.6. The van der Waals surface area contributed by atoms with Gasteiger partial charge in [0.25, 0.3) is 0 Å². The van der Waals surface area contributed by atoms with E-state index in [1.165, 1.54) is 33.4 Å². The first-order valence-electron chi connectivity index (χ1n) is 15.0. The van der Waals surface area contributed by atoms with E-state index in [0.717, 1.165) is 45.3 Å². The number of aliphatic imine (C=N–C) groups is 1. The Morgan fingerprint density at radius 3 is 1.50 bits per heavy atom. The van der Waals surface area contributed by atoms with Gasteiger partial charge in [-0.3, -0.25) is 0 Å². The zero-order valence-corrected chi connectivity index (χ0v) is 25.7. The highest BCUT2D eigenvalue weighted by Gasteiger charge is 2.13. The van der Waals surface area contributed by atoms with Crippen LogP contribution in [0.25, 0.3) is 5.57 Å². The number of nitrogens with one attached hydrogen (secondary N) is 2. The quantitative estimate of drug-likeness (QED) is 0.204. The van der Waals surface area contributed by atoms with Crippen molar-refractivity contribution in [3.8, 4) is 0 Å². The Kier molecular flexibility index (Phi) is 8.38. The number of nitrogens with zero attached hydrogens (tertiary/aromatic N) is 1. The number of hydrogen-bond acceptors (Lipinski definition) is 3. The molecule has 216 valence electrons. The molecule has 0 saturated heterocycles. The van der Waals surface area contributed by atoms with Crippen LogP contribution < -0.4 is 10.6 Å². The minimum absolute atomic E-state index is 0.934. The molecule has 44 heavy (non-hydrogen) atoms. The molecule has 0 unspecified atom stereocenters. The van der Waals surface area contributed by atoms with Crippen molar-refractivity contribution >= 4 is 39.7 Å². The van der Waals surface area contributed by atoms with Gasteiger partial charge in [0.05, 0.1) is 11.4 Å². The number of rotatable bonds is 7. The largest absolute Gasteiger partial charge is 0.356 e. The van der Waals surface area contributed by atoms with Crippen molar-refractivity contribution in [3.05, 3.63) is 179 Å². The lowest BCUT2D eigenvalue weighted by molar-refractivity contribution is 1.39. The Morgan fingerprint density at radius 1 is 0.477 bits per heavy atom. The molecule has 3 nitrogen and oxygen atoms in total. The summed E-state index contributed by atoms with van der Waals surface area (Å²) in [7, 11) is 0. The SMILES string of the molecule is Cc1ccc(N=C2C=CC(=C(c3ccc(Nc4ccc(C)cc4)cc3)c3ccc(Nc4ccc(C)cc4)c(C)c3)C=C2)cc1. The van der Waals surface area contributed by atoms with Crippen molar-refractivity contribution in [2.24, 2.45) is 4.99 Å². The van der Waals surface area contributed by atoms with Gasteiger partial charge in [-0.15, -0.1) is 0 Å². The molecule has 0 heterocycles. The number of benzene rings is 5. The van der Waals surface area contributed by atoms with Gasteiger partial charge in [-0.2, -0.15) is 0 Å². The fourth-order valence-corrected chi connectivity index (χ4v) is 5.25. The number of hydrogen-bond donors (Lipinski definition) is 2. The lowest BCUT2D eigenvalue weighted by Crippen LogP contribution is -2.00. The van der Waals surface area contributed by atoms with Gasteiger partial charge in [0.2, 0.25) is 0 Å². The van der Waals surface area contributed by atoms with Gasteiger partial charge in [0, 0.05) is 22.7 Å². The first-order chi connectivity index (χ1) is 21.4. The second-order valence-electron chi connectivity index (χ2n) is 11.5. The second kappa shape index (κ2) is 12.8. The van der Waals surface area contributed by atoms with Crippen LogP contribution in [0.2, 0.25) is 0 Å². The molecular weight excluding hydrogens is 534 g/mol. The summed E-state index contributed by atoms with van der Waals surface area (Å²) in [6.07, 6.45) is 8.55. The Labute approximate surface area is 261 Å².